The van der Waals surface area contributed by atoms with E-state index in [1.165, 1.54) is 21.9 Å². The number of hydrogen-bond donors (Lipinski definition) is 0. The highest BCUT2D eigenvalue weighted by molar-refractivity contribution is 7.88. The van der Waals surface area contributed by atoms with Gasteiger partial charge in [0, 0.05) is 20.2 Å². The Bertz CT molecular complexity index is 848. The molecule has 26 heavy (non-hydrogen) atoms. The first-order chi connectivity index (χ1) is 12.4. The molecule has 9 heteroatoms. The van der Waals surface area contributed by atoms with Crippen LogP contribution in [0, 0.1) is 5.92 Å². The predicted octanol–water partition coefficient (Wildman–Crippen LogP) is 1.95. The van der Waals surface area contributed by atoms with Crippen LogP contribution in [0.4, 0.5) is 5.13 Å². The molecule has 2 aromatic rings. The highest BCUT2D eigenvalue weighted by Gasteiger charge is 2.34. The minimum absolute atomic E-state index is 0.0885. The van der Waals surface area contributed by atoms with Crippen LogP contribution in [0.2, 0.25) is 0 Å². The molecule has 1 aromatic carbocycles. The number of benzene rings is 1. The van der Waals surface area contributed by atoms with Crippen molar-refractivity contribution in [2.24, 2.45) is 5.92 Å². The molecule has 0 radical (unpaired) electrons. The van der Waals surface area contributed by atoms with Crippen LogP contribution >= 0.6 is 11.3 Å². The van der Waals surface area contributed by atoms with Gasteiger partial charge < -0.3 is 4.74 Å². The second-order valence-corrected chi connectivity index (χ2v) is 9.40. The zero-order chi connectivity index (χ0) is 18.7. The number of carbonyl (C=O) groups excluding carboxylic acids is 1. The lowest BCUT2D eigenvalue weighted by atomic mass is 9.98. The Kier molecular flexibility index (Phi) is 5.91. The molecule has 0 aliphatic carbocycles. The summed E-state index contributed by atoms with van der Waals surface area (Å²) in [4.78, 5) is 19.4. The molecule has 1 unspecified atom stereocenters. The van der Waals surface area contributed by atoms with Crippen molar-refractivity contribution in [2.75, 3.05) is 44.5 Å². The van der Waals surface area contributed by atoms with Crippen LogP contribution in [0.3, 0.4) is 0 Å². The fourth-order valence-corrected chi connectivity index (χ4v) is 5.03. The molecule has 2 heterocycles. The summed E-state index contributed by atoms with van der Waals surface area (Å²) in [5, 5.41) is 0.629. The van der Waals surface area contributed by atoms with Gasteiger partial charge in [0.05, 0.1) is 35.5 Å². The molecular formula is C17H23N3O4S2. The molecule has 142 valence electrons. The van der Waals surface area contributed by atoms with Gasteiger partial charge in [0.1, 0.15) is 0 Å². The average Bonchev–Trinajstić information content (AvgIpc) is 3.05. The van der Waals surface area contributed by atoms with E-state index in [1.54, 1.807) is 12.0 Å². The van der Waals surface area contributed by atoms with Gasteiger partial charge in [0.2, 0.25) is 15.9 Å². The molecule has 1 amide bonds. The van der Waals surface area contributed by atoms with E-state index in [0.29, 0.717) is 37.7 Å². The highest BCUT2D eigenvalue weighted by Crippen LogP contribution is 2.31. The van der Waals surface area contributed by atoms with Crippen LogP contribution in [-0.2, 0) is 19.6 Å². The van der Waals surface area contributed by atoms with Crippen LogP contribution in [-0.4, -0.2) is 63.2 Å². The third-order valence-corrected chi connectivity index (χ3v) is 6.83. The van der Waals surface area contributed by atoms with E-state index in [0.717, 1.165) is 10.2 Å². The summed E-state index contributed by atoms with van der Waals surface area (Å²) in [6.45, 7) is 1.49. The fourth-order valence-electron chi connectivity index (χ4n) is 3.12. The Hall–Kier alpha value is -1.55. The number of fused-ring (bicyclic) bond motifs is 1. The van der Waals surface area contributed by atoms with Crippen molar-refractivity contribution in [2.45, 2.75) is 12.8 Å². The predicted molar refractivity (Wildman–Crippen MR) is 103 cm³/mol. The molecule has 1 fully saturated rings. The Morgan fingerprint density at radius 2 is 2.19 bits per heavy atom. The van der Waals surface area contributed by atoms with Gasteiger partial charge in [-0.25, -0.2) is 17.7 Å². The van der Waals surface area contributed by atoms with E-state index in [1.807, 2.05) is 24.3 Å². The number of rotatable bonds is 6. The summed E-state index contributed by atoms with van der Waals surface area (Å²) < 4.78 is 31.3. The lowest BCUT2D eigenvalue weighted by Gasteiger charge is -2.32. The first-order valence-electron chi connectivity index (χ1n) is 8.51. The third-order valence-electron chi connectivity index (χ3n) is 4.50. The van der Waals surface area contributed by atoms with Crippen molar-refractivity contribution in [1.82, 2.24) is 9.29 Å². The lowest BCUT2D eigenvalue weighted by Crippen LogP contribution is -2.47. The van der Waals surface area contributed by atoms with E-state index in [9.17, 15) is 13.2 Å². The first-order valence-corrected chi connectivity index (χ1v) is 11.2. The Morgan fingerprint density at radius 1 is 1.42 bits per heavy atom. The van der Waals surface area contributed by atoms with Crippen molar-refractivity contribution in [3.05, 3.63) is 24.3 Å². The standard InChI is InChI=1S/C17H23N3O4S2/c1-24-11-10-20(17-18-14-7-3-4-8-15(14)25-17)16(21)13-6-5-9-19(12-13)26(2,22)23/h3-4,7-8,13H,5-6,9-12H2,1-2H3. The van der Waals surface area contributed by atoms with Crippen molar-refractivity contribution >= 4 is 42.6 Å². The summed E-state index contributed by atoms with van der Waals surface area (Å²) in [6.07, 6.45) is 2.55. The average molecular weight is 398 g/mol. The van der Waals surface area contributed by atoms with Crippen LogP contribution in [0.25, 0.3) is 10.2 Å². The highest BCUT2D eigenvalue weighted by atomic mass is 32.2. The minimum atomic E-state index is -3.30. The maximum Gasteiger partial charge on any atom is 0.233 e. The summed E-state index contributed by atoms with van der Waals surface area (Å²) in [6, 6.07) is 7.75. The Morgan fingerprint density at radius 3 is 2.88 bits per heavy atom. The lowest BCUT2D eigenvalue weighted by molar-refractivity contribution is -0.123. The van der Waals surface area contributed by atoms with Gasteiger partial charge in [0.15, 0.2) is 5.13 Å². The molecule has 0 bridgehead atoms. The van der Waals surface area contributed by atoms with Gasteiger partial charge in [-0.3, -0.25) is 9.69 Å². The van der Waals surface area contributed by atoms with E-state index < -0.39 is 10.0 Å². The third kappa shape index (κ3) is 4.22. The molecule has 0 N–H and O–H groups in total. The number of piperidine rings is 1. The van der Waals surface area contributed by atoms with Crippen molar-refractivity contribution in [1.29, 1.82) is 0 Å². The van der Waals surface area contributed by atoms with Gasteiger partial charge in [-0.2, -0.15) is 0 Å². The quantitative estimate of drug-likeness (QED) is 0.744. The number of ether oxygens (including phenoxy) is 1. The van der Waals surface area contributed by atoms with Gasteiger partial charge in [-0.15, -0.1) is 0 Å². The summed E-state index contributed by atoms with van der Waals surface area (Å²) in [5.41, 5.74) is 0.851. The maximum absolute atomic E-state index is 13.2. The zero-order valence-corrected chi connectivity index (χ0v) is 16.6. The second-order valence-electron chi connectivity index (χ2n) is 6.41. The molecular weight excluding hydrogens is 374 g/mol. The molecule has 1 aliphatic rings. The molecule has 1 aliphatic heterocycles. The number of aromatic nitrogens is 1. The number of amides is 1. The van der Waals surface area contributed by atoms with Gasteiger partial charge in [-0.05, 0) is 25.0 Å². The topological polar surface area (TPSA) is 79.8 Å². The van der Waals surface area contributed by atoms with Crippen LogP contribution in [0.5, 0.6) is 0 Å². The van der Waals surface area contributed by atoms with Crippen LogP contribution < -0.4 is 4.90 Å². The zero-order valence-electron chi connectivity index (χ0n) is 14.9. The molecule has 0 spiro atoms. The van der Waals surface area contributed by atoms with E-state index >= 15 is 0 Å². The van der Waals surface area contributed by atoms with Gasteiger partial charge in [-0.1, -0.05) is 23.5 Å². The Labute approximate surface area is 157 Å². The van der Waals surface area contributed by atoms with Gasteiger partial charge >= 0.3 is 0 Å². The number of thiazole rings is 1. The van der Waals surface area contributed by atoms with Crippen molar-refractivity contribution in [3.8, 4) is 0 Å². The number of nitrogens with zero attached hydrogens (tertiary/aromatic N) is 3. The van der Waals surface area contributed by atoms with E-state index in [2.05, 4.69) is 4.98 Å². The number of carbonyl (C=O) groups is 1. The van der Waals surface area contributed by atoms with E-state index in [4.69, 9.17) is 4.74 Å². The number of sulfonamides is 1. The van der Waals surface area contributed by atoms with E-state index in [-0.39, 0.29) is 18.4 Å². The molecule has 3 rings (SSSR count). The largest absolute Gasteiger partial charge is 0.383 e. The number of anilines is 1. The molecule has 1 atom stereocenters. The van der Waals surface area contributed by atoms with Gasteiger partial charge in [0.25, 0.3) is 0 Å². The fraction of sp³-hybridized carbons (Fsp3) is 0.529. The minimum Gasteiger partial charge on any atom is -0.383 e. The van der Waals surface area contributed by atoms with Crippen LogP contribution in [0.15, 0.2) is 24.3 Å². The van der Waals surface area contributed by atoms with Crippen LogP contribution in [0.1, 0.15) is 12.8 Å². The smallest absolute Gasteiger partial charge is 0.233 e. The second kappa shape index (κ2) is 7.99. The Balaban J connectivity index is 1.85. The number of para-hydroxylation sites is 1. The first kappa shape index (κ1) is 19.2. The molecule has 7 nitrogen and oxygen atoms in total. The number of hydrogen-bond acceptors (Lipinski definition) is 6. The SMILES string of the molecule is COCCN(C(=O)C1CCCN(S(C)(=O)=O)C1)c1nc2ccccc2s1. The number of methoxy groups -OCH3 is 1. The summed E-state index contributed by atoms with van der Waals surface area (Å²) in [5.74, 6) is -0.447. The molecule has 1 saturated heterocycles. The van der Waals surface area contributed by atoms with Crippen molar-refractivity contribution < 1.29 is 17.9 Å². The normalized spacial score (nSPS) is 18.9. The summed E-state index contributed by atoms with van der Waals surface area (Å²) >= 11 is 1.46. The molecule has 0 saturated carbocycles. The molecule has 1 aromatic heterocycles. The maximum atomic E-state index is 13.2. The van der Waals surface area contributed by atoms with Crippen molar-refractivity contribution in [3.63, 3.8) is 0 Å². The monoisotopic (exact) mass is 397 g/mol. The summed E-state index contributed by atoms with van der Waals surface area (Å²) in [7, 11) is -1.70.